The minimum absolute atomic E-state index is 0.140. The van der Waals surface area contributed by atoms with Crippen LogP contribution in [0.3, 0.4) is 0 Å². The molecule has 2 aliphatic heterocycles. The Morgan fingerprint density at radius 3 is 2.58 bits per heavy atom. The molecule has 2 saturated heterocycles. The summed E-state index contributed by atoms with van der Waals surface area (Å²) in [4.78, 5) is 26.1. The number of amides is 1. The number of ether oxygens (including phenoxy) is 2. The van der Waals surface area contributed by atoms with Gasteiger partial charge in [-0.25, -0.2) is 14.8 Å². The lowest BCUT2D eigenvalue weighted by Gasteiger charge is -2.53. The summed E-state index contributed by atoms with van der Waals surface area (Å²) >= 11 is 6.71. The minimum Gasteiger partial charge on any atom is -0.494 e. The number of carbonyl (C=O) groups is 1. The number of rotatable bonds is 8. The van der Waals surface area contributed by atoms with E-state index in [1.807, 2.05) is 39.1 Å². The zero-order chi connectivity index (χ0) is 28.4. The molecule has 2 aromatic heterocycles. The van der Waals surface area contributed by atoms with Gasteiger partial charge in [0.1, 0.15) is 17.3 Å². The molecule has 214 valence electrons. The molecular formula is C29H37ClN6O4. The Morgan fingerprint density at radius 1 is 1.18 bits per heavy atom. The number of hydrogen-bond donors (Lipinski definition) is 1. The molecule has 1 N–H and O–H groups in total. The first kappa shape index (κ1) is 28.2. The highest BCUT2D eigenvalue weighted by atomic mass is 35.5. The van der Waals surface area contributed by atoms with Crippen molar-refractivity contribution in [1.29, 1.82) is 0 Å². The first-order valence-electron chi connectivity index (χ1n) is 13.7. The second-order valence-electron chi connectivity index (χ2n) is 10.8. The number of anilines is 1. The Bertz CT molecular complexity index is 1360. The van der Waals surface area contributed by atoms with Crippen molar-refractivity contribution >= 4 is 23.5 Å². The van der Waals surface area contributed by atoms with Crippen molar-refractivity contribution in [2.45, 2.75) is 40.0 Å². The third kappa shape index (κ3) is 5.47. The third-order valence-corrected chi connectivity index (χ3v) is 8.35. The van der Waals surface area contributed by atoms with Gasteiger partial charge in [-0.15, -0.1) is 0 Å². The molecule has 11 heteroatoms. The Balaban J connectivity index is 1.48. The molecule has 1 amide bonds. The molecule has 5 rings (SSSR count). The van der Waals surface area contributed by atoms with Gasteiger partial charge in [-0.3, -0.25) is 0 Å². The van der Waals surface area contributed by atoms with Crippen molar-refractivity contribution < 1.29 is 18.8 Å². The van der Waals surface area contributed by atoms with E-state index in [4.69, 9.17) is 35.6 Å². The quantitative estimate of drug-likeness (QED) is 0.374. The van der Waals surface area contributed by atoms with E-state index in [1.54, 1.807) is 4.90 Å². The van der Waals surface area contributed by atoms with Gasteiger partial charge in [0.25, 0.3) is 0 Å². The van der Waals surface area contributed by atoms with Crippen molar-refractivity contribution in [3.05, 3.63) is 40.2 Å². The lowest BCUT2D eigenvalue weighted by molar-refractivity contribution is -0.0122. The van der Waals surface area contributed by atoms with Crippen LogP contribution in [0.1, 0.15) is 36.3 Å². The van der Waals surface area contributed by atoms with Gasteiger partial charge < -0.3 is 29.1 Å². The lowest BCUT2D eigenvalue weighted by Crippen LogP contribution is -2.62. The van der Waals surface area contributed by atoms with E-state index >= 15 is 0 Å². The van der Waals surface area contributed by atoms with Crippen molar-refractivity contribution in [3.63, 3.8) is 0 Å². The van der Waals surface area contributed by atoms with Crippen LogP contribution in [0.25, 0.3) is 22.6 Å². The Labute approximate surface area is 240 Å². The topological polar surface area (TPSA) is 106 Å². The zero-order valence-electron chi connectivity index (χ0n) is 23.8. The van der Waals surface area contributed by atoms with Crippen LogP contribution in [0, 0.1) is 26.2 Å². The van der Waals surface area contributed by atoms with Crippen LogP contribution in [-0.2, 0) is 4.74 Å². The van der Waals surface area contributed by atoms with E-state index in [-0.39, 0.29) is 11.5 Å². The summed E-state index contributed by atoms with van der Waals surface area (Å²) in [5.74, 6) is 2.83. The van der Waals surface area contributed by atoms with E-state index in [2.05, 4.69) is 22.3 Å². The second kappa shape index (κ2) is 11.6. The number of nitrogens with one attached hydrogen (secondary N) is 1. The lowest BCUT2D eigenvalue weighted by atomic mass is 9.72. The number of halogens is 1. The van der Waals surface area contributed by atoms with Gasteiger partial charge in [0, 0.05) is 42.7 Å². The average molecular weight is 569 g/mol. The van der Waals surface area contributed by atoms with Crippen LogP contribution in [0.15, 0.2) is 22.7 Å². The molecule has 0 radical (unpaired) electrons. The van der Waals surface area contributed by atoms with Crippen LogP contribution < -0.4 is 15.0 Å². The molecule has 0 bridgehead atoms. The fraction of sp³-hybridized carbons (Fsp3) is 0.517. The van der Waals surface area contributed by atoms with Gasteiger partial charge in [0.15, 0.2) is 5.82 Å². The first-order valence-corrected chi connectivity index (χ1v) is 14.1. The van der Waals surface area contributed by atoms with Crippen LogP contribution >= 0.6 is 11.6 Å². The van der Waals surface area contributed by atoms with Crippen LogP contribution in [-0.4, -0.2) is 79.6 Å². The Hall–Kier alpha value is -3.37. The fourth-order valence-electron chi connectivity index (χ4n) is 5.73. The van der Waals surface area contributed by atoms with E-state index in [1.165, 1.54) is 7.11 Å². The van der Waals surface area contributed by atoms with Gasteiger partial charge in [-0.2, -0.15) is 0 Å². The number of aromatic nitrogens is 3. The summed E-state index contributed by atoms with van der Waals surface area (Å²) in [6.45, 7) is 10.5. The third-order valence-electron chi connectivity index (χ3n) is 8.02. The molecule has 1 aromatic carbocycles. The number of nitrogens with zero attached hydrogens (tertiary/aromatic N) is 5. The SMILES string of the molecule is CNCCCOc1ccc(Cl)c(-c2nc(-c3c(C)noc3C)c(C)c(N3CCC4(CC3)CN(C(=O)OC)C4)n2)c1. The van der Waals surface area contributed by atoms with Gasteiger partial charge in [0.05, 0.1) is 35.7 Å². The van der Waals surface area contributed by atoms with Crippen molar-refractivity contribution in [1.82, 2.24) is 25.3 Å². The first-order chi connectivity index (χ1) is 19.2. The molecular weight excluding hydrogens is 532 g/mol. The molecule has 0 atom stereocenters. The average Bonchev–Trinajstić information content (AvgIpc) is 3.28. The maximum absolute atomic E-state index is 11.9. The summed E-state index contributed by atoms with van der Waals surface area (Å²) in [6.07, 6.45) is 2.58. The predicted octanol–water partition coefficient (Wildman–Crippen LogP) is 5.03. The standard InChI is InChI=1S/C29H37ClN6O4/c1-18-25(24-19(2)34-40-20(24)3)32-26(22-15-21(7-8-23(22)30)39-14-6-11-31-4)33-27(18)35-12-9-29(10-13-35)16-36(17-29)28(37)38-5/h7-8,15,31H,6,9-14,16-17H2,1-5H3. The normalized spacial score (nSPS) is 16.2. The maximum Gasteiger partial charge on any atom is 0.409 e. The molecule has 2 aliphatic rings. The van der Waals surface area contributed by atoms with E-state index < -0.39 is 0 Å². The zero-order valence-corrected chi connectivity index (χ0v) is 24.6. The molecule has 0 saturated carbocycles. The predicted molar refractivity (Wildman–Crippen MR) is 154 cm³/mol. The fourth-order valence-corrected chi connectivity index (χ4v) is 5.93. The van der Waals surface area contributed by atoms with E-state index in [0.29, 0.717) is 28.8 Å². The number of hydrogen-bond acceptors (Lipinski definition) is 9. The van der Waals surface area contributed by atoms with Crippen molar-refractivity contribution in [2.24, 2.45) is 5.41 Å². The highest BCUT2D eigenvalue weighted by molar-refractivity contribution is 6.33. The molecule has 40 heavy (non-hydrogen) atoms. The second-order valence-corrected chi connectivity index (χ2v) is 11.2. The molecule has 2 fully saturated rings. The smallest absolute Gasteiger partial charge is 0.409 e. The summed E-state index contributed by atoms with van der Waals surface area (Å²) in [7, 11) is 3.36. The van der Waals surface area contributed by atoms with Crippen molar-refractivity contribution in [2.75, 3.05) is 58.4 Å². The van der Waals surface area contributed by atoms with Gasteiger partial charge in [-0.1, -0.05) is 16.8 Å². The van der Waals surface area contributed by atoms with Crippen LogP contribution in [0.4, 0.5) is 10.6 Å². The summed E-state index contributed by atoms with van der Waals surface area (Å²) in [6, 6.07) is 5.61. The van der Waals surface area contributed by atoms with Crippen LogP contribution in [0.5, 0.6) is 5.75 Å². The summed E-state index contributed by atoms with van der Waals surface area (Å²) < 4.78 is 16.4. The van der Waals surface area contributed by atoms with Crippen molar-refractivity contribution in [3.8, 4) is 28.4 Å². The number of benzene rings is 1. The summed E-state index contributed by atoms with van der Waals surface area (Å²) in [5.41, 5.74) is 4.26. The molecule has 0 aliphatic carbocycles. The Morgan fingerprint density at radius 2 is 1.93 bits per heavy atom. The van der Waals surface area contributed by atoms with Gasteiger partial charge in [-0.05, 0) is 71.8 Å². The minimum atomic E-state index is -0.251. The molecule has 10 nitrogen and oxygen atoms in total. The number of aryl methyl sites for hydroxylation is 2. The highest BCUT2D eigenvalue weighted by Crippen LogP contribution is 2.43. The number of carbonyl (C=O) groups excluding carboxylic acids is 1. The Kier molecular flexibility index (Phi) is 8.19. The molecule has 3 aromatic rings. The molecule has 4 heterocycles. The largest absolute Gasteiger partial charge is 0.494 e. The maximum atomic E-state index is 11.9. The van der Waals surface area contributed by atoms with E-state index in [0.717, 1.165) is 86.1 Å². The highest BCUT2D eigenvalue weighted by Gasteiger charge is 2.47. The molecule has 0 unspecified atom stereocenters. The van der Waals surface area contributed by atoms with Crippen LogP contribution in [0.2, 0.25) is 5.02 Å². The number of methoxy groups -OCH3 is 1. The monoisotopic (exact) mass is 568 g/mol. The van der Waals surface area contributed by atoms with E-state index in [9.17, 15) is 4.79 Å². The van der Waals surface area contributed by atoms with Gasteiger partial charge >= 0.3 is 6.09 Å². The molecule has 1 spiro atoms. The number of piperidine rings is 1. The van der Waals surface area contributed by atoms with Gasteiger partial charge in [0.2, 0.25) is 0 Å². The number of likely N-dealkylation sites (tertiary alicyclic amines) is 1. The summed E-state index contributed by atoms with van der Waals surface area (Å²) in [5, 5.41) is 7.87.